The maximum absolute atomic E-state index is 14.1. The smallest absolute Gasteiger partial charge is 0.355 e. The molecule has 2 N–H and O–H groups in total. The quantitative estimate of drug-likeness (QED) is 0.329. The van der Waals surface area contributed by atoms with Gasteiger partial charge in [0.15, 0.2) is 10.8 Å². The molecule has 1 saturated heterocycles. The van der Waals surface area contributed by atoms with Crippen LogP contribution in [0.3, 0.4) is 0 Å². The van der Waals surface area contributed by atoms with Crippen molar-refractivity contribution in [2.75, 3.05) is 24.5 Å². The number of nitrogens with one attached hydrogen (secondary N) is 1. The van der Waals surface area contributed by atoms with Gasteiger partial charge in [-0.25, -0.2) is 14.2 Å². The molecule has 2 unspecified atom stereocenters. The fourth-order valence-electron chi connectivity index (χ4n) is 5.11. The molecular weight excluding hydrogens is 461 g/mol. The summed E-state index contributed by atoms with van der Waals surface area (Å²) in [4.78, 5) is 17.7. The first-order chi connectivity index (χ1) is 17.0. The van der Waals surface area contributed by atoms with E-state index in [1.54, 1.807) is 17.5 Å². The molecule has 0 saturated carbocycles. The van der Waals surface area contributed by atoms with Gasteiger partial charge in [-0.15, -0.1) is 11.3 Å². The Morgan fingerprint density at radius 2 is 2.00 bits per heavy atom. The van der Waals surface area contributed by atoms with Gasteiger partial charge in [0.2, 0.25) is 0 Å². The van der Waals surface area contributed by atoms with E-state index in [4.69, 9.17) is 0 Å². The van der Waals surface area contributed by atoms with Crippen LogP contribution in [0.15, 0.2) is 72.1 Å². The third-order valence-electron chi connectivity index (χ3n) is 6.99. The standard InChI is InChI=1S/C28H28FN3O2S/c1-18(23-11-5-7-19-6-2-3-10-24(19)23)30-15-21-12-13-32(28-31-26(17-35-28)27(33)34)16-25(21)20-8-4-9-22(29)14-20/h2-11,14,17-18,21,25,30H,12-13,15-16H2,1H3,(H,33,34)/t18-,21?,25?/m1/s1. The molecule has 4 aromatic rings. The third-order valence-corrected chi connectivity index (χ3v) is 7.89. The minimum Gasteiger partial charge on any atom is -0.476 e. The molecule has 0 amide bonds. The fraction of sp³-hybridized carbons (Fsp3) is 0.286. The Morgan fingerprint density at radius 1 is 1.20 bits per heavy atom. The predicted octanol–water partition coefficient (Wildman–Crippen LogP) is 6.09. The molecule has 180 valence electrons. The summed E-state index contributed by atoms with van der Waals surface area (Å²) in [5, 5.41) is 17.8. The second-order valence-electron chi connectivity index (χ2n) is 9.18. The minimum absolute atomic E-state index is 0.0695. The number of carboxylic acid groups (broad SMARTS) is 1. The van der Waals surface area contributed by atoms with E-state index < -0.39 is 5.97 Å². The highest BCUT2D eigenvalue weighted by Crippen LogP contribution is 2.36. The maximum Gasteiger partial charge on any atom is 0.355 e. The molecule has 3 atom stereocenters. The SMILES string of the molecule is C[C@@H](NCC1CCN(c2nc(C(=O)O)cs2)CC1c1cccc(F)c1)c1cccc2ccccc12. The molecule has 0 radical (unpaired) electrons. The number of aromatic nitrogens is 1. The van der Waals surface area contributed by atoms with Crippen LogP contribution in [-0.2, 0) is 0 Å². The number of aromatic carboxylic acids is 1. The summed E-state index contributed by atoms with van der Waals surface area (Å²) < 4.78 is 14.1. The van der Waals surface area contributed by atoms with Crippen LogP contribution >= 0.6 is 11.3 Å². The molecule has 0 spiro atoms. The molecule has 7 heteroatoms. The van der Waals surface area contributed by atoms with Gasteiger partial charge in [0.1, 0.15) is 5.82 Å². The minimum atomic E-state index is -1.02. The number of thiazole rings is 1. The molecule has 2 heterocycles. The van der Waals surface area contributed by atoms with E-state index in [0.29, 0.717) is 17.6 Å². The van der Waals surface area contributed by atoms with E-state index in [2.05, 4.69) is 64.6 Å². The Labute approximate surface area is 208 Å². The molecule has 1 aliphatic rings. The van der Waals surface area contributed by atoms with Crippen LogP contribution in [0, 0.1) is 11.7 Å². The molecule has 1 fully saturated rings. The van der Waals surface area contributed by atoms with Gasteiger partial charge in [-0.2, -0.15) is 0 Å². The Morgan fingerprint density at radius 3 is 2.80 bits per heavy atom. The number of halogens is 1. The molecule has 3 aromatic carbocycles. The summed E-state index contributed by atoms with van der Waals surface area (Å²) in [6.07, 6.45) is 0.901. The number of nitrogens with zero attached hydrogens (tertiary/aromatic N) is 2. The summed E-state index contributed by atoms with van der Waals surface area (Å²) >= 11 is 1.35. The van der Waals surface area contributed by atoms with E-state index in [1.165, 1.54) is 33.7 Å². The van der Waals surface area contributed by atoms with Crippen LogP contribution in [-0.4, -0.2) is 35.7 Å². The zero-order valence-corrected chi connectivity index (χ0v) is 20.3. The topological polar surface area (TPSA) is 65.5 Å². The van der Waals surface area contributed by atoms with E-state index in [-0.39, 0.29) is 23.5 Å². The normalized spacial score (nSPS) is 19.1. The van der Waals surface area contributed by atoms with Crippen molar-refractivity contribution in [3.05, 3.63) is 94.7 Å². The number of piperidine rings is 1. The van der Waals surface area contributed by atoms with Crippen LogP contribution < -0.4 is 10.2 Å². The predicted molar refractivity (Wildman–Crippen MR) is 139 cm³/mol. The molecular formula is C28H28FN3O2S. The highest BCUT2D eigenvalue weighted by atomic mass is 32.1. The van der Waals surface area contributed by atoms with Gasteiger partial charge in [-0.3, -0.25) is 0 Å². The molecule has 35 heavy (non-hydrogen) atoms. The van der Waals surface area contributed by atoms with Crippen molar-refractivity contribution in [3.63, 3.8) is 0 Å². The van der Waals surface area contributed by atoms with Crippen LogP contribution in [0.1, 0.15) is 46.9 Å². The highest BCUT2D eigenvalue weighted by molar-refractivity contribution is 7.13. The lowest BCUT2D eigenvalue weighted by Gasteiger charge is -2.39. The lowest BCUT2D eigenvalue weighted by atomic mass is 9.80. The summed E-state index contributed by atoms with van der Waals surface area (Å²) in [7, 11) is 0. The number of hydrogen-bond acceptors (Lipinski definition) is 5. The zero-order chi connectivity index (χ0) is 24.4. The van der Waals surface area contributed by atoms with Gasteiger partial charge in [0.05, 0.1) is 0 Å². The Hall–Kier alpha value is -3.29. The van der Waals surface area contributed by atoms with Gasteiger partial charge in [0, 0.05) is 30.4 Å². The lowest BCUT2D eigenvalue weighted by molar-refractivity contribution is 0.0691. The largest absolute Gasteiger partial charge is 0.476 e. The van der Waals surface area contributed by atoms with Gasteiger partial charge in [-0.1, -0.05) is 54.6 Å². The number of benzene rings is 3. The molecule has 0 aliphatic carbocycles. The second-order valence-corrected chi connectivity index (χ2v) is 10.0. The Kier molecular flexibility index (Phi) is 6.79. The maximum atomic E-state index is 14.1. The Bertz CT molecular complexity index is 1340. The number of rotatable bonds is 7. The van der Waals surface area contributed by atoms with Crippen molar-refractivity contribution in [1.82, 2.24) is 10.3 Å². The Balaban J connectivity index is 1.35. The average Bonchev–Trinajstić information content (AvgIpc) is 3.38. The second kappa shape index (κ2) is 10.1. The molecule has 5 nitrogen and oxygen atoms in total. The molecule has 0 bridgehead atoms. The first-order valence-electron chi connectivity index (χ1n) is 11.9. The highest BCUT2D eigenvalue weighted by Gasteiger charge is 2.32. The number of carboxylic acids is 1. The van der Waals surface area contributed by atoms with Crippen molar-refractivity contribution in [3.8, 4) is 0 Å². The van der Waals surface area contributed by atoms with E-state index >= 15 is 0 Å². The summed E-state index contributed by atoms with van der Waals surface area (Å²) in [6, 6.07) is 21.9. The van der Waals surface area contributed by atoms with E-state index in [9.17, 15) is 14.3 Å². The van der Waals surface area contributed by atoms with Crippen molar-refractivity contribution >= 4 is 33.2 Å². The van der Waals surface area contributed by atoms with Crippen LogP contribution in [0.4, 0.5) is 9.52 Å². The van der Waals surface area contributed by atoms with E-state index in [0.717, 1.165) is 25.1 Å². The van der Waals surface area contributed by atoms with Crippen molar-refractivity contribution in [2.45, 2.75) is 25.3 Å². The third kappa shape index (κ3) is 5.06. The number of anilines is 1. The number of hydrogen-bond donors (Lipinski definition) is 2. The first-order valence-corrected chi connectivity index (χ1v) is 12.8. The first kappa shape index (κ1) is 23.5. The summed E-state index contributed by atoms with van der Waals surface area (Å²) in [5.74, 6) is -0.846. The summed E-state index contributed by atoms with van der Waals surface area (Å²) in [6.45, 7) is 4.45. The molecule has 1 aromatic heterocycles. The zero-order valence-electron chi connectivity index (χ0n) is 19.5. The average molecular weight is 490 g/mol. The lowest BCUT2D eigenvalue weighted by Crippen LogP contribution is -2.43. The number of carbonyl (C=O) groups is 1. The van der Waals surface area contributed by atoms with Crippen LogP contribution in [0.5, 0.6) is 0 Å². The monoisotopic (exact) mass is 489 g/mol. The fourth-order valence-corrected chi connectivity index (χ4v) is 5.94. The van der Waals surface area contributed by atoms with Crippen LogP contribution in [0.2, 0.25) is 0 Å². The van der Waals surface area contributed by atoms with Crippen LogP contribution in [0.25, 0.3) is 10.8 Å². The van der Waals surface area contributed by atoms with Gasteiger partial charge in [-0.05, 0) is 59.8 Å². The van der Waals surface area contributed by atoms with Gasteiger partial charge in [0.25, 0.3) is 0 Å². The molecule has 1 aliphatic heterocycles. The summed E-state index contributed by atoms with van der Waals surface area (Å²) in [5.41, 5.74) is 2.31. The van der Waals surface area contributed by atoms with Gasteiger partial charge < -0.3 is 15.3 Å². The van der Waals surface area contributed by atoms with Crippen molar-refractivity contribution < 1.29 is 14.3 Å². The molecule has 5 rings (SSSR count). The number of fused-ring (bicyclic) bond motifs is 1. The van der Waals surface area contributed by atoms with Crippen molar-refractivity contribution in [1.29, 1.82) is 0 Å². The van der Waals surface area contributed by atoms with Crippen molar-refractivity contribution in [2.24, 2.45) is 5.92 Å². The van der Waals surface area contributed by atoms with E-state index in [1.807, 2.05) is 6.07 Å². The van der Waals surface area contributed by atoms with Gasteiger partial charge >= 0.3 is 5.97 Å².